The fraction of sp³-hybridized carbons (Fsp3) is 0.250. The van der Waals surface area contributed by atoms with Crippen LogP contribution in [0.4, 0.5) is 11.4 Å². The van der Waals surface area contributed by atoms with Crippen LogP contribution in [0.3, 0.4) is 0 Å². The number of thioether (sulfide) groups is 1. The van der Waals surface area contributed by atoms with Gasteiger partial charge >= 0.3 is 0 Å². The summed E-state index contributed by atoms with van der Waals surface area (Å²) in [4.78, 5) is 29.8. The number of fused-ring (bicyclic) bond motifs is 1. The Bertz CT molecular complexity index is 1390. The van der Waals surface area contributed by atoms with Gasteiger partial charge in [-0.3, -0.25) is 9.59 Å². The molecule has 0 radical (unpaired) electrons. The second kappa shape index (κ2) is 10.2. The molecule has 2 N–H and O–H groups in total. The number of carbonyl (C=O) groups excluding carboxylic acids is 2. The van der Waals surface area contributed by atoms with Crippen LogP contribution in [0.15, 0.2) is 65.0 Å². The summed E-state index contributed by atoms with van der Waals surface area (Å²) in [5, 5.41) is 5.96. The minimum absolute atomic E-state index is 0.0438. The van der Waals surface area contributed by atoms with E-state index in [4.69, 9.17) is 0 Å². The molecule has 1 aromatic heterocycles. The number of aryl methyl sites for hydroxylation is 1. The van der Waals surface area contributed by atoms with Crippen molar-refractivity contribution in [2.24, 2.45) is 0 Å². The third-order valence-electron chi connectivity index (χ3n) is 5.85. The van der Waals surface area contributed by atoms with E-state index in [0.717, 1.165) is 37.1 Å². The zero-order valence-corrected chi connectivity index (χ0v) is 22.2. The molecule has 35 heavy (non-hydrogen) atoms. The lowest BCUT2D eigenvalue weighted by atomic mass is 9.87. The van der Waals surface area contributed by atoms with Crippen LogP contribution in [-0.2, 0) is 10.2 Å². The molecule has 1 heterocycles. The Balaban J connectivity index is 1.38. The molecule has 0 unspecified atom stereocenters. The molecule has 0 aliphatic carbocycles. The molecular formula is C28H29N3O2S2. The van der Waals surface area contributed by atoms with Crippen LogP contribution in [0.2, 0.25) is 0 Å². The maximum atomic E-state index is 12.7. The number of amides is 2. The lowest BCUT2D eigenvalue weighted by Crippen LogP contribution is -2.15. The van der Waals surface area contributed by atoms with E-state index >= 15 is 0 Å². The number of benzene rings is 3. The quantitative estimate of drug-likeness (QED) is 0.273. The first-order valence-corrected chi connectivity index (χ1v) is 13.2. The van der Waals surface area contributed by atoms with Crippen LogP contribution in [0.1, 0.15) is 47.8 Å². The number of hydrogen-bond donors (Lipinski definition) is 2. The van der Waals surface area contributed by atoms with Gasteiger partial charge in [0.25, 0.3) is 5.91 Å². The minimum atomic E-state index is -0.146. The first kappa shape index (κ1) is 24.9. The van der Waals surface area contributed by atoms with E-state index in [2.05, 4.69) is 36.4 Å². The van der Waals surface area contributed by atoms with Crippen LogP contribution in [0, 0.1) is 13.8 Å². The maximum absolute atomic E-state index is 12.7. The van der Waals surface area contributed by atoms with Crippen LogP contribution in [0.5, 0.6) is 0 Å². The number of carbonyl (C=O) groups is 2. The minimum Gasteiger partial charge on any atom is -0.325 e. The van der Waals surface area contributed by atoms with Gasteiger partial charge in [-0.25, -0.2) is 4.98 Å². The number of anilines is 2. The van der Waals surface area contributed by atoms with E-state index in [-0.39, 0.29) is 23.0 Å². The van der Waals surface area contributed by atoms with Crippen LogP contribution in [0.25, 0.3) is 10.2 Å². The van der Waals surface area contributed by atoms with Crippen molar-refractivity contribution in [2.75, 3.05) is 16.4 Å². The predicted molar refractivity (Wildman–Crippen MR) is 148 cm³/mol. The molecule has 4 aromatic rings. The summed E-state index contributed by atoms with van der Waals surface area (Å²) in [5.74, 6) is 0.0712. The van der Waals surface area contributed by atoms with Gasteiger partial charge in [0.15, 0.2) is 4.34 Å². The average molecular weight is 504 g/mol. The Morgan fingerprint density at radius 3 is 2.43 bits per heavy atom. The van der Waals surface area contributed by atoms with E-state index < -0.39 is 0 Å². The zero-order chi connectivity index (χ0) is 25.2. The van der Waals surface area contributed by atoms with Gasteiger partial charge in [-0.1, -0.05) is 56.8 Å². The van der Waals surface area contributed by atoms with Crippen molar-refractivity contribution in [1.82, 2.24) is 4.98 Å². The van der Waals surface area contributed by atoms with Crippen molar-refractivity contribution < 1.29 is 9.59 Å². The molecule has 0 saturated carbocycles. The van der Waals surface area contributed by atoms with Crippen LogP contribution < -0.4 is 10.6 Å². The fourth-order valence-corrected chi connectivity index (χ4v) is 5.48. The van der Waals surface area contributed by atoms with Gasteiger partial charge in [0.2, 0.25) is 5.91 Å². The highest BCUT2D eigenvalue weighted by Gasteiger charge is 2.15. The molecule has 7 heteroatoms. The van der Waals surface area contributed by atoms with Crippen molar-refractivity contribution in [3.8, 4) is 0 Å². The summed E-state index contributed by atoms with van der Waals surface area (Å²) in [7, 11) is 0. The van der Waals surface area contributed by atoms with Gasteiger partial charge in [-0.05, 0) is 72.4 Å². The average Bonchev–Trinajstić information content (AvgIpc) is 3.22. The molecule has 0 aliphatic heterocycles. The molecule has 0 fully saturated rings. The first-order chi connectivity index (χ1) is 16.6. The number of nitrogens with one attached hydrogen (secondary N) is 2. The van der Waals surface area contributed by atoms with Gasteiger partial charge in [0.1, 0.15) is 0 Å². The number of nitrogens with zero attached hydrogens (tertiary/aromatic N) is 1. The highest BCUT2D eigenvalue weighted by Crippen LogP contribution is 2.32. The lowest BCUT2D eigenvalue weighted by molar-refractivity contribution is -0.113. The van der Waals surface area contributed by atoms with Crippen molar-refractivity contribution in [1.29, 1.82) is 0 Å². The molecule has 5 nitrogen and oxygen atoms in total. The molecule has 0 spiro atoms. The number of aromatic nitrogens is 1. The molecule has 0 bridgehead atoms. The molecule has 180 valence electrons. The van der Waals surface area contributed by atoms with E-state index in [9.17, 15) is 9.59 Å². The van der Waals surface area contributed by atoms with E-state index in [1.54, 1.807) is 0 Å². The van der Waals surface area contributed by atoms with E-state index in [1.165, 1.54) is 28.7 Å². The first-order valence-electron chi connectivity index (χ1n) is 11.4. The second-order valence-corrected chi connectivity index (χ2v) is 11.8. The van der Waals surface area contributed by atoms with Crippen molar-refractivity contribution in [3.05, 3.63) is 82.9 Å². The van der Waals surface area contributed by atoms with Crippen LogP contribution >= 0.6 is 23.1 Å². The standard InChI is InChI=1S/C28H29N3O2S2/c1-17-7-6-8-22(18(17)2)30-25(32)16-34-27-31-23-14-13-21(15-24(23)35-27)29-26(33)19-9-11-20(12-10-19)28(3,4)5/h6-15H,16H2,1-5H3,(H,29,33)(H,30,32). The summed E-state index contributed by atoms with van der Waals surface area (Å²) in [6.07, 6.45) is 0. The molecule has 0 saturated heterocycles. The Labute approximate surface area is 214 Å². The Morgan fingerprint density at radius 1 is 0.971 bits per heavy atom. The van der Waals surface area contributed by atoms with Gasteiger partial charge in [-0.2, -0.15) is 0 Å². The van der Waals surface area contributed by atoms with Crippen molar-refractivity contribution in [2.45, 2.75) is 44.4 Å². The molecule has 4 rings (SSSR count). The van der Waals surface area contributed by atoms with Gasteiger partial charge < -0.3 is 10.6 Å². The molecule has 2 amide bonds. The molecule has 0 aliphatic rings. The van der Waals surface area contributed by atoms with Gasteiger partial charge in [-0.15, -0.1) is 11.3 Å². The second-order valence-electron chi connectivity index (χ2n) is 9.53. The summed E-state index contributed by atoms with van der Waals surface area (Å²) in [6.45, 7) is 10.5. The Kier molecular flexibility index (Phi) is 7.28. The third-order valence-corrected chi connectivity index (χ3v) is 8.01. The van der Waals surface area contributed by atoms with Gasteiger partial charge in [0, 0.05) is 16.9 Å². The van der Waals surface area contributed by atoms with E-state index in [0.29, 0.717) is 5.56 Å². The maximum Gasteiger partial charge on any atom is 0.255 e. The SMILES string of the molecule is Cc1cccc(NC(=O)CSc2nc3ccc(NC(=O)c4ccc(C(C)(C)C)cc4)cc3s2)c1C. The number of hydrogen-bond acceptors (Lipinski definition) is 5. The fourth-order valence-electron chi connectivity index (χ4n) is 3.57. The largest absolute Gasteiger partial charge is 0.325 e. The lowest BCUT2D eigenvalue weighted by Gasteiger charge is -2.19. The smallest absolute Gasteiger partial charge is 0.255 e. The Morgan fingerprint density at radius 2 is 1.71 bits per heavy atom. The molecule has 3 aromatic carbocycles. The number of thiazole rings is 1. The summed E-state index contributed by atoms with van der Waals surface area (Å²) in [6, 6.07) is 19.3. The van der Waals surface area contributed by atoms with E-state index in [1.807, 2.05) is 74.5 Å². The highest BCUT2D eigenvalue weighted by molar-refractivity contribution is 8.01. The van der Waals surface area contributed by atoms with Crippen molar-refractivity contribution >= 4 is 56.5 Å². The summed E-state index contributed by atoms with van der Waals surface area (Å²) >= 11 is 2.92. The normalized spacial score (nSPS) is 11.5. The highest BCUT2D eigenvalue weighted by atomic mass is 32.2. The topological polar surface area (TPSA) is 71.1 Å². The summed E-state index contributed by atoms with van der Waals surface area (Å²) < 4.78 is 1.78. The number of rotatable bonds is 6. The molecular weight excluding hydrogens is 474 g/mol. The van der Waals surface area contributed by atoms with Crippen LogP contribution in [-0.4, -0.2) is 22.6 Å². The summed E-state index contributed by atoms with van der Waals surface area (Å²) in [5.41, 5.74) is 6.48. The predicted octanol–water partition coefficient (Wildman–Crippen LogP) is 7.19. The monoisotopic (exact) mass is 503 g/mol. The van der Waals surface area contributed by atoms with Gasteiger partial charge in [0.05, 0.1) is 16.0 Å². The zero-order valence-electron chi connectivity index (χ0n) is 20.6. The van der Waals surface area contributed by atoms with Crippen molar-refractivity contribution in [3.63, 3.8) is 0 Å². The third kappa shape index (κ3) is 6.10. The Hall–Kier alpha value is -3.16. The molecule has 0 atom stereocenters.